The van der Waals surface area contributed by atoms with E-state index in [0.717, 1.165) is 27.8 Å². The van der Waals surface area contributed by atoms with E-state index in [-0.39, 0.29) is 30.9 Å². The summed E-state index contributed by atoms with van der Waals surface area (Å²) >= 11 is 0. The molecule has 0 aliphatic heterocycles. The van der Waals surface area contributed by atoms with Gasteiger partial charge >= 0.3 is 0 Å². The highest BCUT2D eigenvalue weighted by atomic mass is 16.2. The van der Waals surface area contributed by atoms with Gasteiger partial charge in [0.25, 0.3) is 0 Å². The Morgan fingerprint density at radius 2 is 1.48 bits per heavy atom. The summed E-state index contributed by atoms with van der Waals surface area (Å²) in [5.74, 6) is -0.244. The Morgan fingerprint density at radius 1 is 0.871 bits per heavy atom. The fourth-order valence-corrected chi connectivity index (χ4v) is 3.95. The van der Waals surface area contributed by atoms with Gasteiger partial charge in [-0.1, -0.05) is 54.1 Å². The highest BCUT2D eigenvalue weighted by Crippen LogP contribution is 2.22. The molecule has 0 saturated carbocycles. The molecular weight excluding hydrogens is 386 g/mol. The third kappa shape index (κ3) is 5.92. The van der Waals surface area contributed by atoms with Crippen molar-refractivity contribution in [3.05, 3.63) is 76.9 Å². The van der Waals surface area contributed by atoms with Gasteiger partial charge in [0.2, 0.25) is 11.8 Å². The van der Waals surface area contributed by atoms with Crippen LogP contribution in [0.1, 0.15) is 35.2 Å². The van der Waals surface area contributed by atoms with Crippen LogP contribution in [0.3, 0.4) is 0 Å². The number of carbonyl (C=O) groups excluding carboxylic acids is 2. The van der Waals surface area contributed by atoms with E-state index in [0.29, 0.717) is 0 Å². The summed E-state index contributed by atoms with van der Waals surface area (Å²) in [7, 11) is 1.77. The largest absolute Gasteiger partial charge is 0.348 e. The number of hydrogen-bond donors (Lipinski definition) is 2. The van der Waals surface area contributed by atoms with Crippen LogP contribution in [0.25, 0.3) is 10.8 Å². The lowest BCUT2D eigenvalue weighted by molar-refractivity contribution is -0.123. The molecule has 0 fully saturated rings. The summed E-state index contributed by atoms with van der Waals surface area (Å²) in [5.41, 5.74) is 5.14. The van der Waals surface area contributed by atoms with Crippen LogP contribution in [-0.4, -0.2) is 36.9 Å². The normalized spacial score (nSPS) is 12.1. The highest BCUT2D eigenvalue weighted by Gasteiger charge is 2.15. The lowest BCUT2D eigenvalue weighted by atomic mass is 10.0. The number of amides is 2. The number of anilines is 1. The number of rotatable bonds is 7. The molecule has 0 aromatic heterocycles. The molecule has 3 aromatic carbocycles. The van der Waals surface area contributed by atoms with Gasteiger partial charge in [0.05, 0.1) is 19.1 Å². The van der Waals surface area contributed by atoms with Gasteiger partial charge in [-0.2, -0.15) is 0 Å². The van der Waals surface area contributed by atoms with E-state index in [4.69, 9.17) is 0 Å². The quantitative estimate of drug-likeness (QED) is 0.594. The predicted octanol–water partition coefficient (Wildman–Crippen LogP) is 4.51. The van der Waals surface area contributed by atoms with Crippen molar-refractivity contribution in [2.24, 2.45) is 0 Å². The topological polar surface area (TPSA) is 61.4 Å². The first-order chi connectivity index (χ1) is 14.7. The van der Waals surface area contributed by atoms with E-state index in [1.54, 1.807) is 11.9 Å². The minimum atomic E-state index is -0.132. The van der Waals surface area contributed by atoms with Gasteiger partial charge in [-0.25, -0.2) is 0 Å². The second-order valence-electron chi connectivity index (χ2n) is 8.39. The van der Waals surface area contributed by atoms with Gasteiger partial charge < -0.3 is 10.6 Å². The molecule has 3 aromatic rings. The van der Waals surface area contributed by atoms with Crippen LogP contribution in [-0.2, 0) is 9.59 Å². The molecule has 0 aliphatic rings. The van der Waals surface area contributed by atoms with Crippen LogP contribution < -0.4 is 10.6 Å². The number of nitrogens with one attached hydrogen (secondary N) is 2. The summed E-state index contributed by atoms with van der Waals surface area (Å²) in [4.78, 5) is 26.7. The van der Waals surface area contributed by atoms with Gasteiger partial charge in [0, 0.05) is 5.69 Å². The van der Waals surface area contributed by atoms with Crippen molar-refractivity contribution in [2.75, 3.05) is 25.5 Å². The smallest absolute Gasteiger partial charge is 0.238 e. The average Bonchev–Trinajstić information content (AvgIpc) is 2.70. The second kappa shape index (κ2) is 9.75. The zero-order chi connectivity index (χ0) is 22.5. The number of likely N-dealkylation sites (N-methyl/N-ethyl adjacent to an activating group) is 1. The van der Waals surface area contributed by atoms with Crippen molar-refractivity contribution >= 4 is 28.3 Å². The van der Waals surface area contributed by atoms with E-state index < -0.39 is 0 Å². The van der Waals surface area contributed by atoms with Crippen molar-refractivity contribution in [1.29, 1.82) is 0 Å². The van der Waals surface area contributed by atoms with Gasteiger partial charge in [-0.15, -0.1) is 0 Å². The fourth-order valence-electron chi connectivity index (χ4n) is 3.95. The fraction of sp³-hybridized carbons (Fsp3) is 0.308. The number of aryl methyl sites for hydroxylation is 3. The summed E-state index contributed by atoms with van der Waals surface area (Å²) in [6.07, 6.45) is 0. The first kappa shape index (κ1) is 22.5. The van der Waals surface area contributed by atoms with Crippen LogP contribution >= 0.6 is 0 Å². The zero-order valence-electron chi connectivity index (χ0n) is 19.0. The molecule has 31 heavy (non-hydrogen) atoms. The molecule has 2 N–H and O–H groups in total. The number of fused-ring (bicyclic) bond motifs is 1. The predicted molar refractivity (Wildman–Crippen MR) is 127 cm³/mol. The van der Waals surface area contributed by atoms with Gasteiger partial charge in [0.1, 0.15) is 0 Å². The van der Waals surface area contributed by atoms with Crippen molar-refractivity contribution < 1.29 is 9.59 Å². The molecule has 0 aliphatic carbocycles. The Kier molecular flexibility index (Phi) is 7.08. The molecule has 5 nitrogen and oxygen atoms in total. The van der Waals surface area contributed by atoms with E-state index in [9.17, 15) is 9.59 Å². The number of carbonyl (C=O) groups is 2. The molecule has 0 radical (unpaired) electrons. The Labute approximate surface area is 184 Å². The molecule has 0 saturated heterocycles. The van der Waals surface area contributed by atoms with Crippen LogP contribution in [0.2, 0.25) is 0 Å². The van der Waals surface area contributed by atoms with Crippen molar-refractivity contribution in [3.8, 4) is 0 Å². The van der Waals surface area contributed by atoms with E-state index in [2.05, 4.69) is 34.9 Å². The number of hydrogen-bond acceptors (Lipinski definition) is 3. The van der Waals surface area contributed by atoms with Crippen LogP contribution in [0.5, 0.6) is 0 Å². The third-order valence-corrected chi connectivity index (χ3v) is 5.42. The van der Waals surface area contributed by atoms with Crippen molar-refractivity contribution in [1.82, 2.24) is 10.2 Å². The van der Waals surface area contributed by atoms with E-state index in [1.165, 1.54) is 10.9 Å². The third-order valence-electron chi connectivity index (χ3n) is 5.42. The second-order valence-corrected chi connectivity index (χ2v) is 8.39. The lowest BCUT2D eigenvalue weighted by Crippen LogP contribution is -2.39. The maximum absolute atomic E-state index is 12.5. The average molecular weight is 418 g/mol. The zero-order valence-corrected chi connectivity index (χ0v) is 19.0. The van der Waals surface area contributed by atoms with Crippen molar-refractivity contribution in [3.63, 3.8) is 0 Å². The summed E-state index contributed by atoms with van der Waals surface area (Å²) < 4.78 is 0. The Morgan fingerprint density at radius 3 is 2.16 bits per heavy atom. The standard InChI is InChI=1S/C26H31N3O2/c1-17-12-18(2)26(19(3)13-17)28-25(31)16-29(5)15-24(30)27-20(4)22-11-10-21-8-6-7-9-23(21)14-22/h6-14,20H,15-16H2,1-5H3,(H,27,30)(H,28,31)/t20-/m0/s1. The summed E-state index contributed by atoms with van der Waals surface area (Å²) in [5, 5.41) is 8.33. The maximum Gasteiger partial charge on any atom is 0.238 e. The van der Waals surface area contributed by atoms with Gasteiger partial charge in [-0.05, 0) is 68.3 Å². The van der Waals surface area contributed by atoms with Gasteiger partial charge in [0.15, 0.2) is 0 Å². The highest BCUT2D eigenvalue weighted by molar-refractivity contribution is 5.94. The van der Waals surface area contributed by atoms with Gasteiger partial charge in [-0.3, -0.25) is 14.5 Å². The SMILES string of the molecule is Cc1cc(C)c(NC(=O)CN(C)CC(=O)N[C@@H](C)c2ccc3ccccc3c2)c(C)c1. The van der Waals surface area contributed by atoms with Crippen LogP contribution in [0.15, 0.2) is 54.6 Å². The van der Waals surface area contributed by atoms with E-state index >= 15 is 0 Å². The molecule has 5 heteroatoms. The van der Waals surface area contributed by atoms with Crippen LogP contribution in [0.4, 0.5) is 5.69 Å². The molecule has 0 heterocycles. The van der Waals surface area contributed by atoms with E-state index in [1.807, 2.05) is 58.0 Å². The molecular formula is C26H31N3O2. The van der Waals surface area contributed by atoms with Crippen molar-refractivity contribution in [2.45, 2.75) is 33.7 Å². The molecule has 1 atom stereocenters. The molecule has 3 rings (SSSR count). The minimum Gasteiger partial charge on any atom is -0.348 e. The molecule has 0 spiro atoms. The Balaban J connectivity index is 1.53. The summed E-state index contributed by atoms with van der Waals surface area (Å²) in [6.45, 7) is 8.28. The molecule has 0 unspecified atom stereocenters. The number of nitrogens with zero attached hydrogens (tertiary/aromatic N) is 1. The molecule has 0 bridgehead atoms. The van der Waals surface area contributed by atoms with Crippen LogP contribution in [0, 0.1) is 20.8 Å². The molecule has 2 amide bonds. The minimum absolute atomic E-state index is 0.112. The Bertz CT molecular complexity index is 1080. The Hall–Kier alpha value is -3.18. The first-order valence-electron chi connectivity index (χ1n) is 10.6. The maximum atomic E-state index is 12.5. The number of benzene rings is 3. The molecule has 162 valence electrons. The monoisotopic (exact) mass is 417 g/mol. The summed E-state index contributed by atoms with van der Waals surface area (Å²) in [6, 6.07) is 18.4. The first-order valence-corrected chi connectivity index (χ1v) is 10.6. The lowest BCUT2D eigenvalue weighted by Gasteiger charge is -2.20.